The molecule has 2 amide bonds. The molecule has 1 aromatic carbocycles. The SMILES string of the molecule is Cc1ccccc1C(=O)CN1C(=O)CC(C)C1=O. The Kier molecular flexibility index (Phi) is 3.28. The second kappa shape index (κ2) is 4.72. The predicted octanol–water partition coefficient (Wildman–Crippen LogP) is 1.57. The van der Waals surface area contributed by atoms with E-state index in [1.54, 1.807) is 19.1 Å². The number of carbonyl (C=O) groups excluding carboxylic acids is 3. The molecule has 18 heavy (non-hydrogen) atoms. The summed E-state index contributed by atoms with van der Waals surface area (Å²) in [5, 5.41) is 0. The lowest BCUT2D eigenvalue weighted by molar-refractivity contribution is -0.138. The van der Waals surface area contributed by atoms with Gasteiger partial charge >= 0.3 is 0 Å². The van der Waals surface area contributed by atoms with E-state index in [0.717, 1.165) is 10.5 Å². The molecule has 0 saturated carbocycles. The van der Waals surface area contributed by atoms with Crippen LogP contribution in [0.3, 0.4) is 0 Å². The number of aryl methyl sites for hydroxylation is 1. The molecule has 1 fully saturated rings. The van der Waals surface area contributed by atoms with E-state index in [2.05, 4.69) is 0 Å². The Bertz CT molecular complexity index is 522. The molecule has 1 aromatic rings. The van der Waals surface area contributed by atoms with Gasteiger partial charge in [-0.05, 0) is 12.5 Å². The minimum Gasteiger partial charge on any atom is -0.292 e. The molecule has 1 aliphatic rings. The Balaban J connectivity index is 2.16. The number of likely N-dealkylation sites (tertiary alicyclic amines) is 1. The maximum absolute atomic E-state index is 12.1. The van der Waals surface area contributed by atoms with Crippen LogP contribution >= 0.6 is 0 Å². The van der Waals surface area contributed by atoms with Crippen LogP contribution in [0.25, 0.3) is 0 Å². The number of hydrogen-bond donors (Lipinski definition) is 0. The van der Waals surface area contributed by atoms with Crippen molar-refractivity contribution in [3.63, 3.8) is 0 Å². The van der Waals surface area contributed by atoms with Crippen molar-refractivity contribution in [3.8, 4) is 0 Å². The van der Waals surface area contributed by atoms with Gasteiger partial charge in [-0.15, -0.1) is 0 Å². The summed E-state index contributed by atoms with van der Waals surface area (Å²) < 4.78 is 0. The Labute approximate surface area is 106 Å². The van der Waals surface area contributed by atoms with Gasteiger partial charge in [0.25, 0.3) is 0 Å². The van der Waals surface area contributed by atoms with E-state index in [1.807, 2.05) is 19.1 Å². The molecule has 94 valence electrons. The third-order valence-corrected chi connectivity index (χ3v) is 3.22. The minimum atomic E-state index is -0.304. The lowest BCUT2D eigenvalue weighted by Crippen LogP contribution is -2.35. The largest absolute Gasteiger partial charge is 0.292 e. The second-order valence-electron chi connectivity index (χ2n) is 4.66. The summed E-state index contributed by atoms with van der Waals surface area (Å²) in [4.78, 5) is 36.5. The highest BCUT2D eigenvalue weighted by Gasteiger charge is 2.36. The molecule has 0 aliphatic carbocycles. The van der Waals surface area contributed by atoms with Crippen molar-refractivity contribution in [1.29, 1.82) is 0 Å². The number of carbonyl (C=O) groups is 3. The Hall–Kier alpha value is -1.97. The van der Waals surface area contributed by atoms with Crippen molar-refractivity contribution in [3.05, 3.63) is 35.4 Å². The average Bonchev–Trinajstić information content (AvgIpc) is 2.56. The lowest BCUT2D eigenvalue weighted by atomic mass is 10.0. The molecule has 2 rings (SSSR count). The molecule has 1 unspecified atom stereocenters. The molecular formula is C14H15NO3. The highest BCUT2D eigenvalue weighted by Crippen LogP contribution is 2.19. The molecule has 4 heteroatoms. The van der Waals surface area contributed by atoms with Crippen LogP contribution in [0, 0.1) is 12.8 Å². The molecule has 1 aliphatic heterocycles. The third-order valence-electron chi connectivity index (χ3n) is 3.22. The van der Waals surface area contributed by atoms with E-state index in [1.165, 1.54) is 0 Å². The predicted molar refractivity (Wildman–Crippen MR) is 66.0 cm³/mol. The molecule has 0 N–H and O–H groups in total. The highest BCUT2D eigenvalue weighted by molar-refractivity contribution is 6.09. The maximum Gasteiger partial charge on any atom is 0.232 e. The maximum atomic E-state index is 12.1. The molecule has 0 spiro atoms. The van der Waals surface area contributed by atoms with Gasteiger partial charge in [0, 0.05) is 17.9 Å². The summed E-state index contributed by atoms with van der Waals surface area (Å²) in [6, 6.07) is 7.17. The molecule has 0 radical (unpaired) electrons. The summed E-state index contributed by atoms with van der Waals surface area (Å²) in [6.45, 7) is 3.40. The van der Waals surface area contributed by atoms with Crippen molar-refractivity contribution < 1.29 is 14.4 Å². The van der Waals surface area contributed by atoms with Crippen LogP contribution in [0.1, 0.15) is 29.3 Å². The van der Waals surface area contributed by atoms with Crippen LogP contribution < -0.4 is 0 Å². The summed E-state index contributed by atoms with van der Waals surface area (Å²) in [7, 11) is 0. The molecular weight excluding hydrogens is 230 g/mol. The lowest BCUT2D eigenvalue weighted by Gasteiger charge is -2.14. The second-order valence-corrected chi connectivity index (χ2v) is 4.66. The van der Waals surface area contributed by atoms with E-state index in [9.17, 15) is 14.4 Å². The van der Waals surface area contributed by atoms with Gasteiger partial charge < -0.3 is 0 Å². The quantitative estimate of drug-likeness (QED) is 0.600. The smallest absolute Gasteiger partial charge is 0.232 e. The molecule has 0 aromatic heterocycles. The summed E-state index contributed by atoms with van der Waals surface area (Å²) in [5.41, 5.74) is 1.42. The van der Waals surface area contributed by atoms with Crippen LogP contribution in [0.4, 0.5) is 0 Å². The minimum absolute atomic E-state index is 0.146. The van der Waals surface area contributed by atoms with Crippen molar-refractivity contribution >= 4 is 17.6 Å². The standard InChI is InChI=1S/C14H15NO3/c1-9-5-3-4-6-11(9)12(16)8-15-13(17)7-10(2)14(15)18/h3-6,10H,7-8H2,1-2H3. The number of imide groups is 1. The number of rotatable bonds is 3. The summed E-state index contributed by atoms with van der Waals surface area (Å²) >= 11 is 0. The third kappa shape index (κ3) is 2.18. The molecule has 1 atom stereocenters. The van der Waals surface area contributed by atoms with E-state index in [-0.39, 0.29) is 36.5 Å². The van der Waals surface area contributed by atoms with Crippen LogP contribution in [0.2, 0.25) is 0 Å². The van der Waals surface area contributed by atoms with Gasteiger partial charge in [0.2, 0.25) is 11.8 Å². The zero-order chi connectivity index (χ0) is 13.3. The monoisotopic (exact) mass is 245 g/mol. The molecule has 1 heterocycles. The van der Waals surface area contributed by atoms with Crippen molar-refractivity contribution in [2.24, 2.45) is 5.92 Å². The Morgan fingerprint density at radius 1 is 1.33 bits per heavy atom. The Morgan fingerprint density at radius 3 is 2.56 bits per heavy atom. The number of hydrogen-bond acceptors (Lipinski definition) is 3. The van der Waals surface area contributed by atoms with Gasteiger partial charge in [0.15, 0.2) is 5.78 Å². The van der Waals surface area contributed by atoms with E-state index in [0.29, 0.717) is 5.56 Å². The summed E-state index contributed by atoms with van der Waals surface area (Å²) in [6.07, 6.45) is 0.208. The van der Waals surface area contributed by atoms with Crippen LogP contribution in [-0.4, -0.2) is 29.0 Å². The Morgan fingerprint density at radius 2 is 2.00 bits per heavy atom. The first-order valence-electron chi connectivity index (χ1n) is 5.93. The van der Waals surface area contributed by atoms with Crippen molar-refractivity contribution in [1.82, 2.24) is 4.90 Å². The number of nitrogens with zero attached hydrogens (tertiary/aromatic N) is 1. The van der Waals surface area contributed by atoms with Gasteiger partial charge in [-0.1, -0.05) is 31.2 Å². The fraction of sp³-hybridized carbons (Fsp3) is 0.357. The fourth-order valence-corrected chi connectivity index (χ4v) is 2.13. The highest BCUT2D eigenvalue weighted by atomic mass is 16.2. The van der Waals surface area contributed by atoms with Gasteiger partial charge in [-0.3, -0.25) is 19.3 Å². The van der Waals surface area contributed by atoms with Gasteiger partial charge in [-0.25, -0.2) is 0 Å². The molecule has 1 saturated heterocycles. The van der Waals surface area contributed by atoms with Crippen molar-refractivity contribution in [2.45, 2.75) is 20.3 Å². The van der Waals surface area contributed by atoms with E-state index < -0.39 is 0 Å². The number of Topliss-reactive ketones (excluding diaryl/α,β-unsaturated/α-hetero) is 1. The summed E-state index contributed by atoms with van der Waals surface area (Å²) in [5.74, 6) is -0.998. The van der Waals surface area contributed by atoms with Crippen LogP contribution in [0.15, 0.2) is 24.3 Å². The number of ketones is 1. The average molecular weight is 245 g/mol. The topological polar surface area (TPSA) is 54.5 Å². The zero-order valence-electron chi connectivity index (χ0n) is 10.5. The zero-order valence-corrected chi connectivity index (χ0v) is 10.5. The van der Waals surface area contributed by atoms with Crippen molar-refractivity contribution in [2.75, 3.05) is 6.54 Å². The van der Waals surface area contributed by atoms with Crippen LogP contribution in [-0.2, 0) is 9.59 Å². The number of amides is 2. The van der Waals surface area contributed by atoms with E-state index >= 15 is 0 Å². The normalized spacial score (nSPS) is 19.4. The van der Waals surface area contributed by atoms with E-state index in [4.69, 9.17) is 0 Å². The molecule has 4 nitrogen and oxygen atoms in total. The van der Waals surface area contributed by atoms with Gasteiger partial charge in [0.1, 0.15) is 0 Å². The first-order chi connectivity index (χ1) is 8.50. The number of benzene rings is 1. The first kappa shape index (κ1) is 12.5. The molecule has 0 bridgehead atoms. The van der Waals surface area contributed by atoms with Gasteiger partial charge in [-0.2, -0.15) is 0 Å². The van der Waals surface area contributed by atoms with Crippen LogP contribution in [0.5, 0.6) is 0 Å². The fourth-order valence-electron chi connectivity index (χ4n) is 2.13. The first-order valence-corrected chi connectivity index (χ1v) is 5.93. The van der Waals surface area contributed by atoms with Gasteiger partial charge in [0.05, 0.1) is 6.54 Å².